The maximum atomic E-state index is 12.9. The molecular weight excluding hydrogens is 354 g/mol. The molecule has 0 radical (unpaired) electrons. The molecule has 0 aliphatic carbocycles. The van der Waals surface area contributed by atoms with Crippen molar-refractivity contribution in [2.45, 2.75) is 31.3 Å². The van der Waals surface area contributed by atoms with Gasteiger partial charge in [-0.15, -0.1) is 0 Å². The van der Waals surface area contributed by atoms with Crippen LogP contribution < -0.4 is 0 Å². The average Bonchev–Trinajstić information content (AvgIpc) is 3.24. The molecule has 4 heterocycles. The summed E-state index contributed by atoms with van der Waals surface area (Å²) in [4.78, 5) is 19.2. The molecule has 7 heteroatoms. The maximum Gasteiger partial charge on any atom is 0.274 e. The van der Waals surface area contributed by atoms with Crippen LogP contribution >= 0.6 is 11.6 Å². The number of hydrogen-bond donors (Lipinski definition) is 0. The van der Waals surface area contributed by atoms with Gasteiger partial charge < -0.3 is 18.8 Å². The lowest BCUT2D eigenvalue weighted by molar-refractivity contribution is -0.0662. The number of carbonyl (C=O) groups excluding carboxylic acids is 1. The van der Waals surface area contributed by atoms with Gasteiger partial charge in [0.25, 0.3) is 5.91 Å². The minimum atomic E-state index is -0.0816. The highest BCUT2D eigenvalue weighted by Gasteiger charge is 2.46. The molecule has 140 valence electrons. The first-order valence-electron chi connectivity index (χ1n) is 9.18. The third kappa shape index (κ3) is 3.21. The molecule has 0 bridgehead atoms. The number of ether oxygens (including phenoxy) is 2. The van der Waals surface area contributed by atoms with Gasteiger partial charge in [0.2, 0.25) is 0 Å². The van der Waals surface area contributed by atoms with Crippen molar-refractivity contribution in [3.05, 3.63) is 35.2 Å². The number of amides is 1. The lowest BCUT2D eigenvalue weighted by Gasteiger charge is -2.42. The van der Waals surface area contributed by atoms with E-state index in [2.05, 4.69) is 4.98 Å². The van der Waals surface area contributed by atoms with Crippen molar-refractivity contribution in [1.29, 1.82) is 0 Å². The summed E-state index contributed by atoms with van der Waals surface area (Å²) in [6, 6.07) is 3.59. The van der Waals surface area contributed by atoms with Crippen LogP contribution in [0.5, 0.6) is 0 Å². The van der Waals surface area contributed by atoms with Gasteiger partial charge in [-0.25, -0.2) is 4.98 Å². The van der Waals surface area contributed by atoms with E-state index >= 15 is 0 Å². The summed E-state index contributed by atoms with van der Waals surface area (Å²) in [7, 11) is 1.74. The Morgan fingerprint density at radius 3 is 2.96 bits per heavy atom. The van der Waals surface area contributed by atoms with E-state index in [1.165, 1.54) is 0 Å². The number of halogens is 1. The van der Waals surface area contributed by atoms with Gasteiger partial charge in [0.15, 0.2) is 0 Å². The third-order valence-electron chi connectivity index (χ3n) is 5.80. The van der Waals surface area contributed by atoms with Gasteiger partial charge in [-0.1, -0.05) is 11.6 Å². The maximum absolute atomic E-state index is 12.9. The number of fused-ring (bicyclic) bond motifs is 1. The van der Waals surface area contributed by atoms with Crippen LogP contribution in [0.15, 0.2) is 24.5 Å². The number of rotatable bonds is 4. The molecule has 2 aromatic rings. The Morgan fingerprint density at radius 2 is 2.19 bits per heavy atom. The highest BCUT2D eigenvalue weighted by molar-refractivity contribution is 6.30. The van der Waals surface area contributed by atoms with E-state index in [9.17, 15) is 4.79 Å². The number of nitrogens with zero attached hydrogens (tertiary/aromatic N) is 3. The Labute approximate surface area is 158 Å². The van der Waals surface area contributed by atoms with E-state index in [0.29, 0.717) is 29.7 Å². The van der Waals surface area contributed by atoms with Crippen LogP contribution in [-0.4, -0.2) is 59.2 Å². The van der Waals surface area contributed by atoms with E-state index in [0.717, 1.165) is 44.5 Å². The number of aromatic nitrogens is 2. The summed E-state index contributed by atoms with van der Waals surface area (Å²) >= 11 is 6.01. The number of methoxy groups -OCH3 is 1. The largest absolute Gasteiger partial charge is 0.385 e. The van der Waals surface area contributed by atoms with Crippen LogP contribution in [0.4, 0.5) is 0 Å². The minimum absolute atomic E-state index is 0.0221. The molecule has 0 aromatic carbocycles. The number of carbonyl (C=O) groups is 1. The Bertz CT molecular complexity index is 798. The number of hydrogen-bond acceptors (Lipinski definition) is 4. The van der Waals surface area contributed by atoms with Gasteiger partial charge in [0.1, 0.15) is 11.3 Å². The van der Waals surface area contributed by atoms with Crippen LogP contribution in [0.3, 0.4) is 0 Å². The average molecular weight is 378 g/mol. The molecule has 26 heavy (non-hydrogen) atoms. The molecular formula is C19H24ClN3O3. The fraction of sp³-hybridized carbons (Fsp3) is 0.579. The SMILES string of the molecule is COCCC1CCOC12CCN(C(=O)c1cn3cc(Cl)ccc3n1)CC2. The highest BCUT2D eigenvalue weighted by Crippen LogP contribution is 2.42. The molecule has 1 amide bonds. The molecule has 1 atom stereocenters. The second kappa shape index (κ2) is 7.18. The monoisotopic (exact) mass is 377 g/mol. The second-order valence-corrected chi connectivity index (χ2v) is 7.65. The van der Waals surface area contributed by atoms with E-state index in [-0.39, 0.29) is 11.5 Å². The molecule has 0 N–H and O–H groups in total. The van der Waals surface area contributed by atoms with Crippen molar-refractivity contribution in [2.75, 3.05) is 33.4 Å². The Kier molecular flexibility index (Phi) is 4.90. The quantitative estimate of drug-likeness (QED) is 0.821. The Morgan fingerprint density at radius 1 is 1.38 bits per heavy atom. The first kappa shape index (κ1) is 17.8. The zero-order valence-electron chi connectivity index (χ0n) is 15.0. The van der Waals surface area contributed by atoms with Crippen LogP contribution in [0.2, 0.25) is 5.02 Å². The molecule has 2 saturated heterocycles. The normalized spacial score (nSPS) is 22.4. The third-order valence-corrected chi connectivity index (χ3v) is 6.02. The second-order valence-electron chi connectivity index (χ2n) is 7.21. The molecule has 2 aliphatic rings. The zero-order chi connectivity index (χ0) is 18.1. The molecule has 4 rings (SSSR count). The van der Waals surface area contributed by atoms with E-state index in [4.69, 9.17) is 21.1 Å². The predicted octanol–water partition coefficient (Wildman–Crippen LogP) is 3.04. The molecule has 2 aromatic heterocycles. The van der Waals surface area contributed by atoms with Gasteiger partial charge in [0, 0.05) is 45.8 Å². The van der Waals surface area contributed by atoms with E-state index in [1.807, 2.05) is 11.0 Å². The summed E-state index contributed by atoms with van der Waals surface area (Å²) in [5.74, 6) is 0.503. The number of piperidine rings is 1. The summed E-state index contributed by atoms with van der Waals surface area (Å²) in [5, 5.41) is 0.620. The van der Waals surface area contributed by atoms with Crippen molar-refractivity contribution < 1.29 is 14.3 Å². The van der Waals surface area contributed by atoms with Crippen LogP contribution in [-0.2, 0) is 9.47 Å². The van der Waals surface area contributed by atoms with Crippen LogP contribution in [0, 0.1) is 5.92 Å². The lowest BCUT2D eigenvalue weighted by Crippen LogP contribution is -2.49. The molecule has 0 saturated carbocycles. The topological polar surface area (TPSA) is 56.1 Å². The number of imidazole rings is 1. The zero-order valence-corrected chi connectivity index (χ0v) is 15.7. The highest BCUT2D eigenvalue weighted by atomic mass is 35.5. The van der Waals surface area contributed by atoms with Gasteiger partial charge in [-0.3, -0.25) is 4.79 Å². The first-order chi connectivity index (χ1) is 12.6. The van der Waals surface area contributed by atoms with Gasteiger partial charge in [-0.05, 0) is 43.7 Å². The van der Waals surface area contributed by atoms with Crippen molar-refractivity contribution >= 4 is 23.2 Å². The van der Waals surface area contributed by atoms with E-state index in [1.54, 1.807) is 30.0 Å². The fourth-order valence-corrected chi connectivity index (χ4v) is 4.49. The molecule has 1 unspecified atom stereocenters. The van der Waals surface area contributed by atoms with Gasteiger partial charge >= 0.3 is 0 Å². The van der Waals surface area contributed by atoms with E-state index < -0.39 is 0 Å². The minimum Gasteiger partial charge on any atom is -0.385 e. The fourth-order valence-electron chi connectivity index (χ4n) is 4.32. The van der Waals surface area contributed by atoms with Gasteiger partial charge in [-0.2, -0.15) is 0 Å². The first-order valence-corrected chi connectivity index (χ1v) is 9.55. The standard InChI is InChI=1S/C19H24ClN3O3/c1-25-10-4-14-5-11-26-19(14)6-8-22(9-7-19)18(24)16-13-23-12-15(20)2-3-17(23)21-16/h2-3,12-14H,4-11H2,1H3. The Balaban J connectivity index is 1.44. The van der Waals surface area contributed by atoms with Crippen LogP contribution in [0.1, 0.15) is 36.2 Å². The lowest BCUT2D eigenvalue weighted by atomic mass is 9.78. The molecule has 6 nitrogen and oxygen atoms in total. The summed E-state index contributed by atoms with van der Waals surface area (Å²) in [6.07, 6.45) is 7.39. The van der Waals surface area contributed by atoms with Crippen molar-refractivity contribution in [3.8, 4) is 0 Å². The molecule has 2 fully saturated rings. The van der Waals surface area contributed by atoms with Gasteiger partial charge in [0.05, 0.1) is 10.6 Å². The van der Waals surface area contributed by atoms with Crippen molar-refractivity contribution in [1.82, 2.24) is 14.3 Å². The predicted molar refractivity (Wildman–Crippen MR) is 98.6 cm³/mol. The van der Waals surface area contributed by atoms with Crippen LogP contribution in [0.25, 0.3) is 5.65 Å². The number of pyridine rings is 1. The summed E-state index contributed by atoms with van der Waals surface area (Å²) in [5.41, 5.74) is 1.11. The molecule has 2 aliphatic heterocycles. The summed E-state index contributed by atoms with van der Waals surface area (Å²) < 4.78 is 13.2. The van der Waals surface area contributed by atoms with Crippen molar-refractivity contribution in [3.63, 3.8) is 0 Å². The summed E-state index contributed by atoms with van der Waals surface area (Å²) in [6.45, 7) is 2.99. The number of likely N-dealkylation sites (tertiary alicyclic amines) is 1. The molecule has 1 spiro atoms. The van der Waals surface area contributed by atoms with Crippen molar-refractivity contribution in [2.24, 2.45) is 5.92 Å². The smallest absolute Gasteiger partial charge is 0.274 e. The Hall–Kier alpha value is -1.63.